The molecule has 0 spiro atoms. The van der Waals surface area contributed by atoms with Gasteiger partial charge in [0.05, 0.1) is 7.05 Å². The van der Waals surface area contributed by atoms with Crippen LogP contribution in [0.15, 0.2) is 6.20 Å². The van der Waals surface area contributed by atoms with E-state index in [2.05, 4.69) is 11.5 Å². The van der Waals surface area contributed by atoms with Gasteiger partial charge in [0.25, 0.3) is 5.82 Å². The Morgan fingerprint density at radius 1 is 1.33 bits per heavy atom. The Balaban J connectivity index is 2.59. The highest BCUT2D eigenvalue weighted by Gasteiger charge is 2.19. The summed E-state index contributed by atoms with van der Waals surface area (Å²) >= 11 is 0. The van der Waals surface area contributed by atoms with Crippen molar-refractivity contribution in [3.8, 4) is 0 Å². The Morgan fingerprint density at radius 3 is 2.61 bits per heavy atom. The fourth-order valence-electron chi connectivity index (χ4n) is 2.26. The Hall–Kier alpha value is -1.32. The van der Waals surface area contributed by atoms with Crippen molar-refractivity contribution in [2.45, 2.75) is 58.9 Å². The molecule has 4 heteroatoms. The first-order chi connectivity index (χ1) is 8.56. The molecule has 0 radical (unpaired) electrons. The molecule has 1 rings (SSSR count). The Kier molecular flexibility index (Phi) is 5.89. The molecule has 0 aromatic carbocycles. The number of nitrogens with zero attached hydrogens (tertiary/aromatic N) is 2. The standard InChI is InChI=1S/C14H24N2O2/c1-4-5-6-7-8-9-13-15(3)12(2)10-16(13)11-14(17)18/h10H,4-9,11H2,1-3H3/p+1. The van der Waals surface area contributed by atoms with Gasteiger partial charge in [0.1, 0.15) is 11.9 Å². The number of imidazole rings is 1. The minimum atomic E-state index is -0.780. The van der Waals surface area contributed by atoms with Crippen LogP contribution in [0.2, 0.25) is 0 Å². The maximum absolute atomic E-state index is 10.8. The van der Waals surface area contributed by atoms with E-state index >= 15 is 0 Å². The van der Waals surface area contributed by atoms with Crippen molar-refractivity contribution in [1.82, 2.24) is 4.57 Å². The first kappa shape index (κ1) is 14.7. The number of carbonyl (C=O) groups is 1. The third-order valence-corrected chi connectivity index (χ3v) is 3.40. The Bertz CT molecular complexity index is 397. The van der Waals surface area contributed by atoms with Gasteiger partial charge in [-0.3, -0.25) is 0 Å². The molecule has 1 heterocycles. The molecule has 1 N–H and O–H groups in total. The van der Waals surface area contributed by atoms with Gasteiger partial charge in [0, 0.05) is 13.3 Å². The highest BCUT2D eigenvalue weighted by molar-refractivity contribution is 5.64. The van der Waals surface area contributed by atoms with Crippen LogP contribution in [-0.4, -0.2) is 15.6 Å². The summed E-state index contributed by atoms with van der Waals surface area (Å²) in [7, 11) is 2.01. The van der Waals surface area contributed by atoms with E-state index in [0.29, 0.717) is 0 Å². The highest BCUT2D eigenvalue weighted by Crippen LogP contribution is 2.08. The van der Waals surface area contributed by atoms with Crippen molar-refractivity contribution in [2.24, 2.45) is 7.05 Å². The number of carboxylic acid groups (broad SMARTS) is 1. The third kappa shape index (κ3) is 4.17. The van der Waals surface area contributed by atoms with Crippen LogP contribution in [0.5, 0.6) is 0 Å². The van der Waals surface area contributed by atoms with E-state index in [9.17, 15) is 4.79 Å². The molecule has 0 unspecified atom stereocenters. The molecule has 0 bridgehead atoms. The second kappa shape index (κ2) is 7.19. The van der Waals surface area contributed by atoms with Gasteiger partial charge in [-0.1, -0.05) is 32.6 Å². The molecule has 0 saturated carbocycles. The number of aliphatic carboxylic acids is 1. The molecule has 1 aromatic rings. The van der Waals surface area contributed by atoms with Crippen LogP contribution in [0.3, 0.4) is 0 Å². The largest absolute Gasteiger partial charge is 0.478 e. The summed E-state index contributed by atoms with van der Waals surface area (Å²) in [6.45, 7) is 4.28. The van der Waals surface area contributed by atoms with Gasteiger partial charge in [-0.2, -0.15) is 0 Å². The maximum Gasteiger partial charge on any atom is 0.346 e. The summed E-state index contributed by atoms with van der Waals surface area (Å²) in [5.41, 5.74) is 1.11. The predicted molar refractivity (Wildman–Crippen MR) is 70.4 cm³/mol. The molecule has 0 atom stereocenters. The van der Waals surface area contributed by atoms with Crippen molar-refractivity contribution >= 4 is 5.97 Å². The molecule has 102 valence electrons. The molecule has 0 aliphatic heterocycles. The van der Waals surface area contributed by atoms with E-state index in [1.807, 2.05) is 24.7 Å². The van der Waals surface area contributed by atoms with Crippen LogP contribution in [0, 0.1) is 6.92 Å². The quantitative estimate of drug-likeness (QED) is 0.570. The summed E-state index contributed by atoms with van der Waals surface area (Å²) < 4.78 is 3.96. The number of rotatable bonds is 8. The first-order valence-electron chi connectivity index (χ1n) is 6.82. The highest BCUT2D eigenvalue weighted by atomic mass is 16.4. The van der Waals surface area contributed by atoms with Crippen molar-refractivity contribution < 1.29 is 14.5 Å². The second-order valence-electron chi connectivity index (χ2n) is 4.93. The average Bonchev–Trinajstić information content (AvgIpc) is 2.55. The molecular formula is C14H25N2O2+. The zero-order valence-electron chi connectivity index (χ0n) is 11.8. The monoisotopic (exact) mass is 253 g/mol. The molecule has 0 aliphatic rings. The van der Waals surface area contributed by atoms with Crippen molar-refractivity contribution in [3.63, 3.8) is 0 Å². The second-order valence-corrected chi connectivity index (χ2v) is 4.93. The Labute approximate surface area is 109 Å². The molecule has 18 heavy (non-hydrogen) atoms. The lowest BCUT2D eigenvalue weighted by atomic mass is 10.1. The van der Waals surface area contributed by atoms with Crippen LogP contribution >= 0.6 is 0 Å². The normalized spacial score (nSPS) is 10.8. The number of hydrogen-bond acceptors (Lipinski definition) is 1. The van der Waals surface area contributed by atoms with Gasteiger partial charge >= 0.3 is 5.97 Å². The van der Waals surface area contributed by atoms with Gasteiger partial charge in [0.2, 0.25) is 0 Å². The van der Waals surface area contributed by atoms with Crippen molar-refractivity contribution in [1.29, 1.82) is 0 Å². The molecule has 0 aliphatic carbocycles. The van der Waals surface area contributed by atoms with Gasteiger partial charge in [-0.25, -0.2) is 13.9 Å². The molecular weight excluding hydrogens is 228 g/mol. The van der Waals surface area contributed by atoms with E-state index in [1.54, 1.807) is 0 Å². The Morgan fingerprint density at radius 2 is 2.00 bits per heavy atom. The summed E-state index contributed by atoms with van der Waals surface area (Å²) in [4.78, 5) is 10.8. The molecule has 4 nitrogen and oxygen atoms in total. The van der Waals surface area contributed by atoms with Crippen molar-refractivity contribution in [3.05, 3.63) is 17.7 Å². The molecule has 1 aromatic heterocycles. The minimum Gasteiger partial charge on any atom is -0.478 e. The van der Waals surface area contributed by atoms with E-state index < -0.39 is 5.97 Å². The van der Waals surface area contributed by atoms with Gasteiger partial charge in [-0.15, -0.1) is 0 Å². The van der Waals surface area contributed by atoms with Crippen LogP contribution in [0.4, 0.5) is 0 Å². The van der Waals surface area contributed by atoms with Gasteiger partial charge < -0.3 is 5.11 Å². The average molecular weight is 253 g/mol. The summed E-state index contributed by atoms with van der Waals surface area (Å²) in [5.74, 6) is 0.337. The number of aryl methyl sites for hydroxylation is 1. The van der Waals surface area contributed by atoms with Crippen molar-refractivity contribution in [2.75, 3.05) is 0 Å². The van der Waals surface area contributed by atoms with Gasteiger partial charge in [-0.05, 0) is 6.42 Å². The van der Waals surface area contributed by atoms with Crippen LogP contribution in [-0.2, 0) is 24.8 Å². The zero-order chi connectivity index (χ0) is 13.5. The van der Waals surface area contributed by atoms with Crippen LogP contribution in [0.1, 0.15) is 50.5 Å². The number of aromatic nitrogens is 2. The lowest BCUT2D eigenvalue weighted by Gasteiger charge is -2.01. The molecule has 0 amide bonds. The van der Waals surface area contributed by atoms with E-state index in [1.165, 1.54) is 25.7 Å². The summed E-state index contributed by atoms with van der Waals surface area (Å²) in [5, 5.41) is 8.90. The van der Waals surface area contributed by atoms with Crippen LogP contribution in [0.25, 0.3) is 0 Å². The molecule has 0 saturated heterocycles. The first-order valence-corrected chi connectivity index (χ1v) is 6.82. The number of unbranched alkanes of at least 4 members (excludes halogenated alkanes) is 4. The lowest BCUT2D eigenvalue weighted by Crippen LogP contribution is -2.40. The van der Waals surface area contributed by atoms with E-state index in [-0.39, 0.29) is 6.54 Å². The SMILES string of the molecule is CCCCCCCc1n(C)c(C)c[n+]1CC(=O)O. The van der Waals surface area contributed by atoms with Crippen LogP contribution < -0.4 is 4.57 Å². The number of carboxylic acids is 1. The fourth-order valence-corrected chi connectivity index (χ4v) is 2.26. The fraction of sp³-hybridized carbons (Fsp3) is 0.714. The third-order valence-electron chi connectivity index (χ3n) is 3.40. The van der Waals surface area contributed by atoms with E-state index in [0.717, 1.165) is 24.4 Å². The summed E-state index contributed by atoms with van der Waals surface area (Å²) in [6.07, 6.45) is 9.07. The minimum absolute atomic E-state index is 0.0615. The smallest absolute Gasteiger partial charge is 0.346 e. The topological polar surface area (TPSA) is 46.1 Å². The summed E-state index contributed by atoms with van der Waals surface area (Å²) in [6, 6.07) is 0. The molecule has 0 fully saturated rings. The van der Waals surface area contributed by atoms with Gasteiger partial charge in [0.15, 0.2) is 6.54 Å². The maximum atomic E-state index is 10.8. The lowest BCUT2D eigenvalue weighted by molar-refractivity contribution is -0.692. The zero-order valence-corrected chi connectivity index (χ0v) is 11.8. The predicted octanol–water partition coefficient (Wildman–Crippen LogP) is 2.22. The number of hydrogen-bond donors (Lipinski definition) is 1. The van der Waals surface area contributed by atoms with E-state index in [4.69, 9.17) is 5.11 Å².